The predicted molar refractivity (Wildman–Crippen MR) is 61.1 cm³/mol. The third kappa shape index (κ3) is 4.08. The molecular formula is C11H22N2O3. The maximum Gasteiger partial charge on any atom is 0.236 e. The molecule has 16 heavy (non-hydrogen) atoms. The molecule has 0 spiro atoms. The van der Waals surface area contributed by atoms with Crippen molar-refractivity contribution < 1.29 is 14.6 Å². The van der Waals surface area contributed by atoms with E-state index >= 15 is 0 Å². The first-order valence-electron chi connectivity index (χ1n) is 5.74. The topological polar surface area (TPSA) is 70.6 Å². The van der Waals surface area contributed by atoms with Gasteiger partial charge in [-0.2, -0.15) is 0 Å². The number of nitrogens with one attached hydrogen (secondary N) is 2. The fourth-order valence-corrected chi connectivity index (χ4v) is 1.46. The van der Waals surface area contributed by atoms with Crippen LogP contribution in [-0.2, 0) is 9.53 Å². The van der Waals surface area contributed by atoms with Crippen molar-refractivity contribution in [2.24, 2.45) is 5.41 Å². The summed E-state index contributed by atoms with van der Waals surface area (Å²) < 4.78 is 4.85. The van der Waals surface area contributed by atoms with Crippen LogP contribution in [0.25, 0.3) is 0 Å². The Balaban J connectivity index is 2.13. The lowest BCUT2D eigenvalue weighted by Gasteiger charge is -2.18. The second-order valence-corrected chi connectivity index (χ2v) is 4.54. The molecule has 5 nitrogen and oxygen atoms in total. The first-order chi connectivity index (χ1) is 7.63. The molecule has 0 bridgehead atoms. The van der Waals surface area contributed by atoms with Crippen LogP contribution in [0.15, 0.2) is 0 Å². The van der Waals surface area contributed by atoms with Gasteiger partial charge in [0.15, 0.2) is 0 Å². The minimum absolute atomic E-state index is 0.0224. The Labute approximate surface area is 96.6 Å². The summed E-state index contributed by atoms with van der Waals surface area (Å²) in [6.07, 6.45) is 2.10. The Kier molecular flexibility index (Phi) is 5.18. The van der Waals surface area contributed by atoms with Gasteiger partial charge in [0, 0.05) is 32.2 Å². The van der Waals surface area contributed by atoms with Gasteiger partial charge in [-0.1, -0.05) is 0 Å². The molecule has 1 saturated carbocycles. The van der Waals surface area contributed by atoms with E-state index in [9.17, 15) is 4.79 Å². The molecule has 3 N–H and O–H groups in total. The van der Waals surface area contributed by atoms with Gasteiger partial charge in [0.05, 0.1) is 12.6 Å². The van der Waals surface area contributed by atoms with Crippen LogP contribution in [0.2, 0.25) is 0 Å². The van der Waals surface area contributed by atoms with Crippen molar-refractivity contribution in [2.75, 3.05) is 33.4 Å². The minimum atomic E-state index is -0.221. The average Bonchev–Trinajstić information content (AvgIpc) is 3.07. The van der Waals surface area contributed by atoms with Gasteiger partial charge in [-0.3, -0.25) is 4.79 Å². The normalized spacial score (nSPS) is 19.2. The molecule has 0 radical (unpaired) electrons. The van der Waals surface area contributed by atoms with Crippen LogP contribution in [0.1, 0.15) is 19.8 Å². The van der Waals surface area contributed by atoms with Gasteiger partial charge in [-0.15, -0.1) is 0 Å². The van der Waals surface area contributed by atoms with E-state index in [0.29, 0.717) is 19.7 Å². The number of ether oxygens (including phenoxy) is 1. The molecule has 5 heteroatoms. The highest BCUT2D eigenvalue weighted by Gasteiger charge is 2.41. The van der Waals surface area contributed by atoms with E-state index in [0.717, 1.165) is 12.8 Å². The lowest BCUT2D eigenvalue weighted by Crippen LogP contribution is -2.45. The summed E-state index contributed by atoms with van der Waals surface area (Å²) in [4.78, 5) is 11.6. The van der Waals surface area contributed by atoms with Crippen molar-refractivity contribution in [3.05, 3.63) is 0 Å². The SMILES string of the molecule is COCCNC(=O)C(C)NCC1(CO)CC1. The monoisotopic (exact) mass is 230 g/mol. The Hall–Kier alpha value is -0.650. The summed E-state index contributed by atoms with van der Waals surface area (Å²) in [6, 6.07) is -0.221. The molecule has 1 rings (SSSR count). The zero-order valence-corrected chi connectivity index (χ0v) is 10.1. The molecule has 0 heterocycles. The molecule has 1 atom stereocenters. The van der Waals surface area contributed by atoms with Crippen LogP contribution in [0.4, 0.5) is 0 Å². The van der Waals surface area contributed by atoms with E-state index in [1.165, 1.54) is 0 Å². The number of aliphatic hydroxyl groups is 1. The number of rotatable bonds is 8. The number of carbonyl (C=O) groups excluding carboxylic acids is 1. The molecule has 0 saturated heterocycles. The predicted octanol–water partition coefficient (Wildman–Crippen LogP) is -0.500. The van der Waals surface area contributed by atoms with Crippen LogP contribution in [0.5, 0.6) is 0 Å². The second-order valence-electron chi connectivity index (χ2n) is 4.54. The van der Waals surface area contributed by atoms with Crippen LogP contribution < -0.4 is 10.6 Å². The summed E-state index contributed by atoms with van der Waals surface area (Å²) in [5.41, 5.74) is 0.0427. The van der Waals surface area contributed by atoms with Gasteiger partial charge in [-0.05, 0) is 19.8 Å². The highest BCUT2D eigenvalue weighted by Crippen LogP contribution is 2.44. The van der Waals surface area contributed by atoms with E-state index in [1.54, 1.807) is 7.11 Å². The zero-order valence-electron chi connectivity index (χ0n) is 10.1. The lowest BCUT2D eigenvalue weighted by atomic mass is 10.1. The molecule has 0 aromatic carbocycles. The molecule has 1 amide bonds. The van der Waals surface area contributed by atoms with Crippen molar-refractivity contribution in [3.8, 4) is 0 Å². The third-order valence-electron chi connectivity index (χ3n) is 3.07. The highest BCUT2D eigenvalue weighted by atomic mass is 16.5. The molecule has 0 aromatic heterocycles. The lowest BCUT2D eigenvalue weighted by molar-refractivity contribution is -0.123. The molecule has 1 aliphatic rings. The molecule has 1 fully saturated rings. The van der Waals surface area contributed by atoms with E-state index in [2.05, 4.69) is 10.6 Å². The number of hydrogen-bond donors (Lipinski definition) is 3. The van der Waals surface area contributed by atoms with Crippen molar-refractivity contribution in [3.63, 3.8) is 0 Å². The van der Waals surface area contributed by atoms with Crippen LogP contribution >= 0.6 is 0 Å². The quantitative estimate of drug-likeness (QED) is 0.492. The number of methoxy groups -OCH3 is 1. The summed E-state index contributed by atoms with van der Waals surface area (Å²) in [7, 11) is 1.60. The molecule has 0 aromatic rings. The Morgan fingerprint density at radius 3 is 2.75 bits per heavy atom. The van der Waals surface area contributed by atoms with Gasteiger partial charge in [0.25, 0.3) is 0 Å². The highest BCUT2D eigenvalue weighted by molar-refractivity contribution is 5.81. The second kappa shape index (κ2) is 6.18. The number of aliphatic hydroxyl groups excluding tert-OH is 1. The van der Waals surface area contributed by atoms with Crippen molar-refractivity contribution in [1.29, 1.82) is 0 Å². The Morgan fingerprint density at radius 1 is 1.56 bits per heavy atom. The zero-order chi connectivity index (χ0) is 12.0. The van der Waals surface area contributed by atoms with Gasteiger partial charge >= 0.3 is 0 Å². The fraction of sp³-hybridized carbons (Fsp3) is 0.909. The van der Waals surface area contributed by atoms with E-state index in [-0.39, 0.29) is 24.0 Å². The maximum absolute atomic E-state index is 11.6. The first kappa shape index (κ1) is 13.4. The van der Waals surface area contributed by atoms with Crippen molar-refractivity contribution >= 4 is 5.91 Å². The Bertz CT molecular complexity index is 229. The minimum Gasteiger partial charge on any atom is -0.396 e. The van der Waals surface area contributed by atoms with Gasteiger partial charge in [0.1, 0.15) is 0 Å². The standard InChI is InChI=1S/C11H22N2O3/c1-9(10(15)12-5-6-16-2)13-7-11(8-14)3-4-11/h9,13-14H,3-8H2,1-2H3,(H,12,15). The van der Waals surface area contributed by atoms with Gasteiger partial charge in [0.2, 0.25) is 5.91 Å². The Morgan fingerprint density at radius 2 is 2.25 bits per heavy atom. The summed E-state index contributed by atoms with van der Waals surface area (Å²) in [5.74, 6) is -0.0224. The molecular weight excluding hydrogens is 208 g/mol. The van der Waals surface area contributed by atoms with Crippen LogP contribution in [0, 0.1) is 5.41 Å². The maximum atomic E-state index is 11.6. The largest absolute Gasteiger partial charge is 0.396 e. The average molecular weight is 230 g/mol. The summed E-state index contributed by atoms with van der Waals surface area (Å²) in [5, 5.41) is 15.0. The number of amides is 1. The van der Waals surface area contributed by atoms with E-state index in [1.807, 2.05) is 6.92 Å². The van der Waals surface area contributed by atoms with Crippen LogP contribution in [-0.4, -0.2) is 50.5 Å². The number of carbonyl (C=O) groups is 1. The smallest absolute Gasteiger partial charge is 0.236 e. The molecule has 0 aliphatic heterocycles. The molecule has 1 aliphatic carbocycles. The van der Waals surface area contributed by atoms with E-state index < -0.39 is 0 Å². The fourth-order valence-electron chi connectivity index (χ4n) is 1.46. The van der Waals surface area contributed by atoms with Crippen LogP contribution in [0.3, 0.4) is 0 Å². The first-order valence-corrected chi connectivity index (χ1v) is 5.74. The van der Waals surface area contributed by atoms with E-state index in [4.69, 9.17) is 9.84 Å². The summed E-state index contributed by atoms with van der Waals surface area (Å²) >= 11 is 0. The van der Waals surface area contributed by atoms with Crippen molar-refractivity contribution in [1.82, 2.24) is 10.6 Å². The van der Waals surface area contributed by atoms with Gasteiger partial charge in [-0.25, -0.2) is 0 Å². The van der Waals surface area contributed by atoms with Gasteiger partial charge < -0.3 is 20.5 Å². The molecule has 1 unspecified atom stereocenters. The van der Waals surface area contributed by atoms with Crippen molar-refractivity contribution in [2.45, 2.75) is 25.8 Å². The third-order valence-corrected chi connectivity index (χ3v) is 3.07. The summed E-state index contributed by atoms with van der Waals surface area (Å²) in [6.45, 7) is 3.81. The number of hydrogen-bond acceptors (Lipinski definition) is 4. The molecule has 94 valence electrons.